The normalized spacial score (nSPS) is 23.6. The summed E-state index contributed by atoms with van der Waals surface area (Å²) in [5, 5.41) is 1.57. The van der Waals surface area contributed by atoms with E-state index in [0.717, 1.165) is 23.1 Å². The molecule has 0 amide bonds. The summed E-state index contributed by atoms with van der Waals surface area (Å²) in [6.45, 7) is 1.98. The number of benzene rings is 2. The van der Waals surface area contributed by atoms with E-state index in [0.29, 0.717) is 12.1 Å². The fourth-order valence-corrected chi connectivity index (χ4v) is 3.42. The SMILES string of the molecule is CN1C[C@H](c2ccc(Cl)cc2)N(C)C[C@@H]1c1ccc(Cl)cc1. The number of hydrogen-bond acceptors (Lipinski definition) is 2. The molecule has 4 heteroatoms. The van der Waals surface area contributed by atoms with Crippen LogP contribution in [0.4, 0.5) is 0 Å². The maximum Gasteiger partial charge on any atom is 0.0473 e. The van der Waals surface area contributed by atoms with E-state index in [9.17, 15) is 0 Å². The lowest BCUT2D eigenvalue weighted by molar-refractivity contribution is 0.0623. The summed E-state index contributed by atoms with van der Waals surface area (Å²) in [6, 6.07) is 17.2. The van der Waals surface area contributed by atoms with Crippen molar-refractivity contribution in [1.29, 1.82) is 0 Å². The lowest BCUT2D eigenvalue weighted by Crippen LogP contribution is -2.46. The first-order valence-corrected chi connectivity index (χ1v) is 8.21. The number of rotatable bonds is 2. The number of likely N-dealkylation sites (N-methyl/N-ethyl adjacent to an activating group) is 2. The lowest BCUT2D eigenvalue weighted by atomic mass is 9.96. The molecule has 3 rings (SSSR count). The van der Waals surface area contributed by atoms with E-state index >= 15 is 0 Å². The zero-order valence-electron chi connectivity index (χ0n) is 12.8. The van der Waals surface area contributed by atoms with Gasteiger partial charge in [-0.2, -0.15) is 0 Å². The Morgan fingerprint density at radius 1 is 0.682 bits per heavy atom. The van der Waals surface area contributed by atoms with Gasteiger partial charge >= 0.3 is 0 Å². The van der Waals surface area contributed by atoms with Gasteiger partial charge in [0.05, 0.1) is 0 Å². The van der Waals surface area contributed by atoms with Gasteiger partial charge in [-0.25, -0.2) is 0 Å². The lowest BCUT2D eigenvalue weighted by Gasteiger charge is -2.43. The maximum absolute atomic E-state index is 6.00. The van der Waals surface area contributed by atoms with Crippen LogP contribution in [0.5, 0.6) is 0 Å². The molecule has 2 aromatic rings. The fourth-order valence-electron chi connectivity index (χ4n) is 3.17. The van der Waals surface area contributed by atoms with E-state index in [1.165, 1.54) is 11.1 Å². The van der Waals surface area contributed by atoms with Crippen LogP contribution < -0.4 is 0 Å². The van der Waals surface area contributed by atoms with Crippen molar-refractivity contribution in [2.45, 2.75) is 12.1 Å². The van der Waals surface area contributed by atoms with Crippen molar-refractivity contribution >= 4 is 23.2 Å². The molecule has 2 nitrogen and oxygen atoms in total. The van der Waals surface area contributed by atoms with Crippen molar-refractivity contribution in [2.75, 3.05) is 27.2 Å². The summed E-state index contributed by atoms with van der Waals surface area (Å²) in [5.41, 5.74) is 2.63. The predicted octanol–water partition coefficient (Wildman–Crippen LogP) is 4.65. The van der Waals surface area contributed by atoms with Crippen molar-refractivity contribution in [3.8, 4) is 0 Å². The highest BCUT2D eigenvalue weighted by atomic mass is 35.5. The molecule has 0 aromatic heterocycles. The predicted molar refractivity (Wildman–Crippen MR) is 93.6 cm³/mol. The molecule has 1 saturated heterocycles. The summed E-state index contributed by atoms with van der Waals surface area (Å²) in [4.78, 5) is 4.84. The van der Waals surface area contributed by atoms with E-state index in [1.807, 2.05) is 24.3 Å². The largest absolute Gasteiger partial charge is 0.296 e. The van der Waals surface area contributed by atoms with Crippen molar-refractivity contribution in [1.82, 2.24) is 9.80 Å². The second-order valence-electron chi connectivity index (χ2n) is 6.01. The van der Waals surface area contributed by atoms with Gasteiger partial charge < -0.3 is 0 Å². The van der Waals surface area contributed by atoms with Crippen LogP contribution in [-0.2, 0) is 0 Å². The van der Waals surface area contributed by atoms with Crippen LogP contribution in [0.3, 0.4) is 0 Å². The average molecular weight is 335 g/mol. The zero-order chi connectivity index (χ0) is 15.7. The van der Waals surface area contributed by atoms with Crippen LogP contribution >= 0.6 is 23.2 Å². The Labute approximate surface area is 142 Å². The zero-order valence-corrected chi connectivity index (χ0v) is 14.3. The summed E-state index contributed by atoms with van der Waals surface area (Å²) in [7, 11) is 4.38. The number of hydrogen-bond donors (Lipinski definition) is 0. The molecule has 1 fully saturated rings. The molecule has 1 aliphatic rings. The third-order valence-corrected chi connectivity index (χ3v) is 5.00. The maximum atomic E-state index is 6.00. The van der Waals surface area contributed by atoms with Gasteiger partial charge in [0, 0.05) is 35.2 Å². The van der Waals surface area contributed by atoms with Gasteiger partial charge in [-0.1, -0.05) is 47.5 Å². The fraction of sp³-hybridized carbons (Fsp3) is 0.333. The van der Waals surface area contributed by atoms with Crippen LogP contribution in [0.15, 0.2) is 48.5 Å². The van der Waals surface area contributed by atoms with Gasteiger partial charge in [0.15, 0.2) is 0 Å². The molecule has 2 aromatic carbocycles. The Morgan fingerprint density at radius 3 is 1.32 bits per heavy atom. The molecule has 0 radical (unpaired) electrons. The van der Waals surface area contributed by atoms with Gasteiger partial charge in [-0.15, -0.1) is 0 Å². The molecular formula is C18H20Cl2N2. The van der Waals surface area contributed by atoms with Crippen LogP contribution in [0.2, 0.25) is 10.0 Å². The third kappa shape index (κ3) is 3.31. The van der Waals surface area contributed by atoms with E-state index < -0.39 is 0 Å². The van der Waals surface area contributed by atoms with Gasteiger partial charge in [-0.05, 0) is 49.5 Å². The summed E-state index contributed by atoms with van der Waals surface area (Å²) >= 11 is 12.0. The Hall–Kier alpha value is -1.06. The number of halogens is 2. The van der Waals surface area contributed by atoms with Gasteiger partial charge in [0.2, 0.25) is 0 Å². The number of piperazine rings is 1. The first kappa shape index (κ1) is 15.8. The highest BCUT2D eigenvalue weighted by Crippen LogP contribution is 2.33. The second-order valence-corrected chi connectivity index (χ2v) is 6.89. The topological polar surface area (TPSA) is 6.48 Å². The molecule has 0 bridgehead atoms. The third-order valence-electron chi connectivity index (χ3n) is 4.50. The molecule has 1 aliphatic heterocycles. The summed E-state index contributed by atoms with van der Waals surface area (Å²) < 4.78 is 0. The molecule has 0 saturated carbocycles. The molecular weight excluding hydrogens is 315 g/mol. The molecule has 2 atom stereocenters. The first-order valence-electron chi connectivity index (χ1n) is 7.46. The minimum Gasteiger partial charge on any atom is -0.296 e. The number of nitrogens with zero attached hydrogens (tertiary/aromatic N) is 2. The monoisotopic (exact) mass is 334 g/mol. The molecule has 0 unspecified atom stereocenters. The Bertz CT molecular complexity index is 567. The average Bonchev–Trinajstić information content (AvgIpc) is 2.51. The van der Waals surface area contributed by atoms with Crippen LogP contribution in [0.25, 0.3) is 0 Å². The highest BCUT2D eigenvalue weighted by molar-refractivity contribution is 6.30. The van der Waals surface area contributed by atoms with Crippen molar-refractivity contribution in [2.24, 2.45) is 0 Å². The van der Waals surface area contributed by atoms with Crippen LogP contribution in [-0.4, -0.2) is 37.0 Å². The second kappa shape index (κ2) is 6.59. The Morgan fingerprint density at radius 2 is 1.00 bits per heavy atom. The molecule has 22 heavy (non-hydrogen) atoms. The smallest absolute Gasteiger partial charge is 0.0473 e. The van der Waals surface area contributed by atoms with E-state index in [4.69, 9.17) is 23.2 Å². The van der Waals surface area contributed by atoms with Crippen molar-refractivity contribution < 1.29 is 0 Å². The Balaban J connectivity index is 1.79. The summed E-state index contributed by atoms with van der Waals surface area (Å²) in [5.74, 6) is 0. The molecule has 0 N–H and O–H groups in total. The van der Waals surface area contributed by atoms with Crippen LogP contribution in [0, 0.1) is 0 Å². The van der Waals surface area contributed by atoms with E-state index in [-0.39, 0.29) is 0 Å². The molecule has 0 spiro atoms. The molecule has 0 aliphatic carbocycles. The standard InChI is InChI=1S/C18H20Cl2N2/c1-21-11-18(14-5-9-16(20)10-6-14)22(2)12-17(21)13-3-7-15(19)8-4-13/h3-10,17-18H,11-12H2,1-2H3/t17-,18-/m1/s1. The van der Waals surface area contributed by atoms with Gasteiger partial charge in [-0.3, -0.25) is 9.80 Å². The van der Waals surface area contributed by atoms with Crippen molar-refractivity contribution in [3.63, 3.8) is 0 Å². The summed E-state index contributed by atoms with van der Waals surface area (Å²) in [6.07, 6.45) is 0. The first-order chi connectivity index (χ1) is 10.5. The quantitative estimate of drug-likeness (QED) is 0.788. The molecule has 116 valence electrons. The van der Waals surface area contributed by atoms with Gasteiger partial charge in [0.1, 0.15) is 0 Å². The highest BCUT2D eigenvalue weighted by Gasteiger charge is 2.31. The van der Waals surface area contributed by atoms with E-state index in [1.54, 1.807) is 0 Å². The van der Waals surface area contributed by atoms with E-state index in [2.05, 4.69) is 48.2 Å². The van der Waals surface area contributed by atoms with Crippen molar-refractivity contribution in [3.05, 3.63) is 69.7 Å². The molecule has 1 heterocycles. The Kier molecular flexibility index (Phi) is 4.74. The van der Waals surface area contributed by atoms with Crippen LogP contribution in [0.1, 0.15) is 23.2 Å². The minimum absolute atomic E-state index is 0.394. The minimum atomic E-state index is 0.394. The van der Waals surface area contributed by atoms with Gasteiger partial charge in [0.25, 0.3) is 0 Å².